The molecular weight excluding hydrogens is 280 g/mol. The van der Waals surface area contributed by atoms with E-state index in [1.807, 2.05) is 60.2 Å². The van der Waals surface area contributed by atoms with Crippen molar-refractivity contribution in [3.63, 3.8) is 0 Å². The van der Waals surface area contributed by atoms with Gasteiger partial charge in [0.2, 0.25) is 0 Å². The molecular formula is C18H15ClN2. The largest absolute Gasteiger partial charge is 0.310 e. The Morgan fingerprint density at radius 3 is 2.29 bits per heavy atom. The number of imidazole rings is 1. The van der Waals surface area contributed by atoms with Crippen molar-refractivity contribution in [3.8, 4) is 0 Å². The average molecular weight is 295 g/mol. The van der Waals surface area contributed by atoms with Crippen LogP contribution < -0.4 is 0 Å². The molecule has 0 aliphatic carbocycles. The molecule has 0 N–H and O–H groups in total. The van der Waals surface area contributed by atoms with Crippen LogP contribution in [-0.2, 0) is 0 Å². The maximum atomic E-state index is 6.00. The van der Waals surface area contributed by atoms with Gasteiger partial charge in [0.25, 0.3) is 0 Å². The second-order valence-electron chi connectivity index (χ2n) is 4.80. The number of hydrogen-bond acceptors (Lipinski definition) is 1. The Bertz CT molecular complexity index is 755. The molecule has 0 unspecified atom stereocenters. The van der Waals surface area contributed by atoms with Gasteiger partial charge in [-0.05, 0) is 30.2 Å². The van der Waals surface area contributed by atoms with Crippen molar-refractivity contribution in [1.29, 1.82) is 0 Å². The van der Waals surface area contributed by atoms with Crippen molar-refractivity contribution >= 4 is 23.4 Å². The maximum absolute atomic E-state index is 6.00. The maximum Gasteiger partial charge on any atom is 0.109 e. The molecule has 0 aliphatic rings. The summed E-state index contributed by atoms with van der Waals surface area (Å²) < 4.78 is 2.02. The lowest BCUT2D eigenvalue weighted by Gasteiger charge is -2.10. The van der Waals surface area contributed by atoms with Crippen LogP contribution in [0.15, 0.2) is 67.0 Å². The number of halogens is 1. The minimum absolute atomic E-state index is 0.741. The summed E-state index contributed by atoms with van der Waals surface area (Å²) in [4.78, 5) is 4.27. The van der Waals surface area contributed by atoms with Gasteiger partial charge in [0.15, 0.2) is 0 Å². The first-order chi connectivity index (χ1) is 10.2. The van der Waals surface area contributed by atoms with Crippen molar-refractivity contribution in [3.05, 3.63) is 89.0 Å². The summed E-state index contributed by atoms with van der Waals surface area (Å²) in [6.07, 6.45) is 5.85. The van der Waals surface area contributed by atoms with Crippen LogP contribution in [0.1, 0.15) is 17.0 Å². The lowest BCUT2D eigenvalue weighted by atomic mass is 9.99. The molecule has 104 valence electrons. The molecule has 0 radical (unpaired) electrons. The van der Waals surface area contributed by atoms with E-state index in [4.69, 9.17) is 11.6 Å². The van der Waals surface area contributed by atoms with E-state index in [2.05, 4.69) is 23.3 Å². The van der Waals surface area contributed by atoms with Crippen molar-refractivity contribution in [2.45, 2.75) is 6.92 Å². The highest BCUT2D eigenvalue weighted by molar-refractivity contribution is 6.30. The fourth-order valence-electron chi connectivity index (χ4n) is 2.23. The van der Waals surface area contributed by atoms with Crippen molar-refractivity contribution in [2.75, 3.05) is 0 Å². The number of hydrogen-bond donors (Lipinski definition) is 0. The molecule has 0 atom stereocenters. The molecule has 0 bridgehead atoms. The van der Waals surface area contributed by atoms with Crippen LogP contribution in [0.3, 0.4) is 0 Å². The number of nitrogens with zero attached hydrogens (tertiary/aromatic N) is 2. The second-order valence-corrected chi connectivity index (χ2v) is 5.23. The van der Waals surface area contributed by atoms with Gasteiger partial charge in [-0.2, -0.15) is 0 Å². The fraction of sp³-hybridized carbons (Fsp3) is 0.0556. The van der Waals surface area contributed by atoms with Crippen molar-refractivity contribution in [2.24, 2.45) is 0 Å². The van der Waals surface area contributed by atoms with Crippen LogP contribution in [0, 0.1) is 6.92 Å². The topological polar surface area (TPSA) is 17.8 Å². The summed E-state index contributed by atoms with van der Waals surface area (Å²) in [6, 6.07) is 18.2. The van der Waals surface area contributed by atoms with Gasteiger partial charge in [-0.1, -0.05) is 54.1 Å². The van der Waals surface area contributed by atoms with Gasteiger partial charge >= 0.3 is 0 Å². The number of aromatic nitrogens is 2. The zero-order chi connectivity index (χ0) is 14.7. The Hall–Kier alpha value is -2.32. The number of aryl methyl sites for hydroxylation is 1. The van der Waals surface area contributed by atoms with Gasteiger partial charge < -0.3 is 4.57 Å². The fourth-order valence-corrected chi connectivity index (χ4v) is 2.35. The Labute approximate surface area is 129 Å². The first-order valence-corrected chi connectivity index (χ1v) is 7.14. The average Bonchev–Trinajstić information content (AvgIpc) is 2.92. The van der Waals surface area contributed by atoms with E-state index < -0.39 is 0 Å². The van der Waals surface area contributed by atoms with Gasteiger partial charge in [-0.3, -0.25) is 0 Å². The minimum Gasteiger partial charge on any atom is -0.310 e. The summed E-state index contributed by atoms with van der Waals surface area (Å²) in [5.74, 6) is 0.956. The molecule has 2 nitrogen and oxygen atoms in total. The van der Waals surface area contributed by atoms with Crippen LogP contribution in [0.25, 0.3) is 11.8 Å². The molecule has 3 heteroatoms. The standard InChI is InChI=1S/C18H15ClN2/c1-14-20-11-12-21(14)13-18(15-5-3-2-4-6-15)16-7-9-17(19)10-8-16/h2-13H,1H3/b18-13+. The van der Waals surface area contributed by atoms with E-state index >= 15 is 0 Å². The Balaban J connectivity index is 2.14. The van der Waals surface area contributed by atoms with Crippen LogP contribution in [0.4, 0.5) is 0 Å². The van der Waals surface area contributed by atoms with Crippen molar-refractivity contribution < 1.29 is 0 Å². The molecule has 0 saturated heterocycles. The number of benzene rings is 2. The third-order valence-corrected chi connectivity index (χ3v) is 3.62. The quantitative estimate of drug-likeness (QED) is 0.672. The summed E-state index contributed by atoms with van der Waals surface area (Å²) in [6.45, 7) is 1.99. The highest BCUT2D eigenvalue weighted by Crippen LogP contribution is 2.25. The van der Waals surface area contributed by atoms with E-state index in [1.165, 1.54) is 0 Å². The highest BCUT2D eigenvalue weighted by Gasteiger charge is 2.06. The van der Waals surface area contributed by atoms with Crippen LogP contribution in [0.2, 0.25) is 5.02 Å². The highest BCUT2D eigenvalue weighted by atomic mass is 35.5. The van der Waals surface area contributed by atoms with Gasteiger partial charge in [-0.25, -0.2) is 4.98 Å². The molecule has 3 rings (SSSR count). The summed E-state index contributed by atoms with van der Waals surface area (Å²) >= 11 is 6.00. The van der Waals surface area contributed by atoms with E-state index in [9.17, 15) is 0 Å². The van der Waals surface area contributed by atoms with Gasteiger partial charge in [-0.15, -0.1) is 0 Å². The van der Waals surface area contributed by atoms with Crippen LogP contribution >= 0.6 is 11.6 Å². The molecule has 0 spiro atoms. The lowest BCUT2D eigenvalue weighted by molar-refractivity contribution is 1.03. The van der Waals surface area contributed by atoms with Crippen LogP contribution in [-0.4, -0.2) is 9.55 Å². The molecule has 1 aromatic heterocycles. The second kappa shape index (κ2) is 5.98. The van der Waals surface area contributed by atoms with Gasteiger partial charge in [0.05, 0.1) is 0 Å². The first-order valence-electron chi connectivity index (χ1n) is 6.76. The SMILES string of the molecule is Cc1nccn1/C=C(\c1ccccc1)c1ccc(Cl)cc1. The Kier molecular flexibility index (Phi) is 3.89. The molecule has 1 heterocycles. The molecule has 21 heavy (non-hydrogen) atoms. The van der Waals surface area contributed by atoms with E-state index in [1.54, 1.807) is 6.20 Å². The molecule has 0 fully saturated rings. The summed E-state index contributed by atoms with van der Waals surface area (Å²) in [5.41, 5.74) is 3.42. The van der Waals surface area contributed by atoms with E-state index in [0.717, 1.165) is 27.5 Å². The first kappa shape index (κ1) is 13.7. The predicted molar refractivity (Wildman–Crippen MR) is 88.1 cm³/mol. The third-order valence-electron chi connectivity index (χ3n) is 3.37. The minimum atomic E-state index is 0.741. The lowest BCUT2D eigenvalue weighted by Crippen LogP contribution is -1.94. The summed E-state index contributed by atoms with van der Waals surface area (Å²) in [5, 5.41) is 0.741. The summed E-state index contributed by atoms with van der Waals surface area (Å²) in [7, 11) is 0. The number of rotatable bonds is 3. The van der Waals surface area contributed by atoms with E-state index in [-0.39, 0.29) is 0 Å². The Morgan fingerprint density at radius 1 is 1.00 bits per heavy atom. The smallest absolute Gasteiger partial charge is 0.109 e. The molecule has 0 aliphatic heterocycles. The van der Waals surface area contributed by atoms with Crippen molar-refractivity contribution in [1.82, 2.24) is 9.55 Å². The molecule has 3 aromatic rings. The predicted octanol–water partition coefficient (Wildman–Crippen LogP) is 4.89. The Morgan fingerprint density at radius 2 is 1.67 bits per heavy atom. The van der Waals surface area contributed by atoms with Gasteiger partial charge in [0.1, 0.15) is 5.82 Å². The monoisotopic (exact) mass is 294 g/mol. The van der Waals surface area contributed by atoms with Gasteiger partial charge in [0, 0.05) is 29.2 Å². The molecule has 2 aromatic carbocycles. The molecule has 0 amide bonds. The third kappa shape index (κ3) is 3.06. The zero-order valence-electron chi connectivity index (χ0n) is 11.7. The molecule has 0 saturated carbocycles. The zero-order valence-corrected chi connectivity index (χ0v) is 12.5. The normalized spacial score (nSPS) is 11.6. The van der Waals surface area contributed by atoms with Crippen LogP contribution in [0.5, 0.6) is 0 Å². The van der Waals surface area contributed by atoms with E-state index in [0.29, 0.717) is 0 Å².